The molecule has 0 atom stereocenters. The lowest BCUT2D eigenvalue weighted by atomic mass is 10.1. The maximum atomic E-state index is 13.7. The highest BCUT2D eigenvalue weighted by molar-refractivity contribution is 5.79. The maximum Gasteiger partial charge on any atom is 0.269 e. The summed E-state index contributed by atoms with van der Waals surface area (Å²) in [6, 6.07) is 25.6. The lowest BCUT2D eigenvalue weighted by Gasteiger charge is -2.15. The zero-order chi connectivity index (χ0) is 20.7. The van der Waals surface area contributed by atoms with Gasteiger partial charge in [0, 0.05) is 5.56 Å². The predicted octanol–water partition coefficient (Wildman–Crippen LogP) is 4.86. The van der Waals surface area contributed by atoms with Crippen molar-refractivity contribution in [2.24, 2.45) is 0 Å². The monoisotopic (exact) mass is 392 g/mol. The van der Waals surface area contributed by atoms with E-state index >= 15 is 0 Å². The summed E-state index contributed by atoms with van der Waals surface area (Å²) >= 11 is 0. The Bertz CT molecular complexity index is 1430. The molecule has 0 saturated heterocycles. The Morgan fingerprint density at radius 2 is 1.60 bits per heavy atom. The molecule has 0 aliphatic carbocycles. The van der Waals surface area contributed by atoms with Crippen LogP contribution >= 0.6 is 0 Å². The number of aryl methyl sites for hydroxylation is 2. The summed E-state index contributed by atoms with van der Waals surface area (Å²) in [6.07, 6.45) is 1.60. The molecule has 146 valence electrons. The molecule has 2 heterocycles. The topological polar surface area (TPSA) is 52.7 Å². The van der Waals surface area contributed by atoms with Gasteiger partial charge >= 0.3 is 0 Å². The van der Waals surface area contributed by atoms with E-state index in [9.17, 15) is 4.79 Å². The van der Waals surface area contributed by atoms with Gasteiger partial charge in [0.25, 0.3) is 5.56 Å². The Labute approximate surface area is 173 Å². The van der Waals surface area contributed by atoms with E-state index in [1.54, 1.807) is 15.4 Å². The zero-order valence-electron chi connectivity index (χ0n) is 16.8. The van der Waals surface area contributed by atoms with Gasteiger partial charge in [0.15, 0.2) is 5.65 Å². The van der Waals surface area contributed by atoms with Crippen molar-refractivity contribution in [1.82, 2.24) is 19.3 Å². The van der Waals surface area contributed by atoms with E-state index in [-0.39, 0.29) is 5.56 Å². The molecule has 0 N–H and O–H groups in total. The highest BCUT2D eigenvalue weighted by Crippen LogP contribution is 2.25. The molecule has 2 aromatic heterocycles. The normalized spacial score (nSPS) is 11.1. The van der Waals surface area contributed by atoms with Crippen LogP contribution in [0.4, 0.5) is 0 Å². The van der Waals surface area contributed by atoms with Crippen LogP contribution in [0.2, 0.25) is 0 Å². The summed E-state index contributed by atoms with van der Waals surface area (Å²) in [6.45, 7) is 4.03. The molecule has 0 fully saturated rings. The SMILES string of the molecule is Cc1cccc(-c2nc3c(cnn3-c3ccccc3)c(=O)n2-c2ccccc2C)c1. The second-order valence-corrected chi connectivity index (χ2v) is 7.36. The van der Waals surface area contributed by atoms with E-state index in [2.05, 4.69) is 5.10 Å². The van der Waals surface area contributed by atoms with Crippen LogP contribution in [0.15, 0.2) is 89.9 Å². The van der Waals surface area contributed by atoms with E-state index in [1.807, 2.05) is 92.7 Å². The van der Waals surface area contributed by atoms with E-state index < -0.39 is 0 Å². The molecule has 5 nitrogen and oxygen atoms in total. The third-order valence-corrected chi connectivity index (χ3v) is 5.23. The first-order chi connectivity index (χ1) is 14.6. The van der Waals surface area contributed by atoms with Crippen LogP contribution in [0.25, 0.3) is 33.8 Å². The number of nitrogens with zero attached hydrogens (tertiary/aromatic N) is 4. The molecule has 0 aliphatic heterocycles. The van der Waals surface area contributed by atoms with Gasteiger partial charge in [0.2, 0.25) is 0 Å². The summed E-state index contributed by atoms with van der Waals surface area (Å²) in [4.78, 5) is 18.6. The lowest BCUT2D eigenvalue weighted by Crippen LogP contribution is -2.22. The van der Waals surface area contributed by atoms with Crippen LogP contribution in [-0.2, 0) is 0 Å². The van der Waals surface area contributed by atoms with Gasteiger partial charge in [-0.3, -0.25) is 9.36 Å². The van der Waals surface area contributed by atoms with Gasteiger partial charge in [-0.25, -0.2) is 9.67 Å². The summed E-state index contributed by atoms with van der Waals surface area (Å²) in [5, 5.41) is 4.96. The van der Waals surface area contributed by atoms with E-state index in [4.69, 9.17) is 4.98 Å². The van der Waals surface area contributed by atoms with Gasteiger partial charge in [0.1, 0.15) is 11.2 Å². The number of benzene rings is 3. The van der Waals surface area contributed by atoms with Crippen LogP contribution in [0.5, 0.6) is 0 Å². The minimum absolute atomic E-state index is 0.131. The smallest absolute Gasteiger partial charge is 0.268 e. The molecule has 30 heavy (non-hydrogen) atoms. The highest BCUT2D eigenvalue weighted by atomic mass is 16.1. The minimum atomic E-state index is -0.131. The van der Waals surface area contributed by atoms with Gasteiger partial charge in [0.05, 0.1) is 17.6 Å². The molecular formula is C25H20N4O. The minimum Gasteiger partial charge on any atom is -0.268 e. The average molecular weight is 392 g/mol. The van der Waals surface area contributed by atoms with Crippen LogP contribution in [0, 0.1) is 13.8 Å². The molecular weight excluding hydrogens is 372 g/mol. The Balaban J connectivity index is 1.89. The summed E-state index contributed by atoms with van der Waals surface area (Å²) in [7, 11) is 0. The summed E-state index contributed by atoms with van der Waals surface area (Å²) in [5.74, 6) is 0.600. The Kier molecular flexibility index (Phi) is 4.29. The quantitative estimate of drug-likeness (QED) is 0.441. The maximum absolute atomic E-state index is 13.7. The third-order valence-electron chi connectivity index (χ3n) is 5.23. The summed E-state index contributed by atoms with van der Waals surface area (Å²) < 4.78 is 3.42. The van der Waals surface area contributed by atoms with Gasteiger partial charge in [-0.15, -0.1) is 0 Å². The van der Waals surface area contributed by atoms with Crippen molar-refractivity contribution in [3.05, 3.63) is 107 Å². The second kappa shape index (κ2) is 7.12. The zero-order valence-corrected chi connectivity index (χ0v) is 16.8. The van der Waals surface area contributed by atoms with Crippen LogP contribution < -0.4 is 5.56 Å². The van der Waals surface area contributed by atoms with Gasteiger partial charge in [-0.1, -0.05) is 60.2 Å². The Morgan fingerprint density at radius 3 is 2.37 bits per heavy atom. The van der Waals surface area contributed by atoms with Crippen molar-refractivity contribution in [3.63, 3.8) is 0 Å². The van der Waals surface area contributed by atoms with Gasteiger partial charge in [-0.05, 0) is 43.7 Å². The highest BCUT2D eigenvalue weighted by Gasteiger charge is 2.19. The molecule has 5 heteroatoms. The van der Waals surface area contributed by atoms with Crippen molar-refractivity contribution in [2.75, 3.05) is 0 Å². The van der Waals surface area contributed by atoms with Crippen molar-refractivity contribution < 1.29 is 0 Å². The molecule has 0 unspecified atom stereocenters. The standard InChI is InChI=1S/C25H20N4O/c1-17-9-8-11-19(15-17)23-27-24-21(16-26-29(24)20-12-4-3-5-13-20)25(30)28(23)22-14-7-6-10-18(22)2/h3-16H,1-2H3. The molecule has 5 rings (SSSR count). The number of hydrogen-bond acceptors (Lipinski definition) is 3. The van der Waals surface area contributed by atoms with E-state index in [0.717, 1.165) is 28.1 Å². The Hall–Kier alpha value is -3.99. The Morgan fingerprint density at radius 1 is 0.833 bits per heavy atom. The fraction of sp³-hybridized carbons (Fsp3) is 0.0800. The first kappa shape index (κ1) is 18.1. The molecule has 0 bridgehead atoms. The van der Waals surface area contributed by atoms with Crippen molar-refractivity contribution in [1.29, 1.82) is 0 Å². The number of para-hydroxylation sites is 2. The molecule has 0 aliphatic rings. The number of aromatic nitrogens is 4. The fourth-order valence-corrected chi connectivity index (χ4v) is 3.74. The van der Waals surface area contributed by atoms with Gasteiger partial charge < -0.3 is 0 Å². The van der Waals surface area contributed by atoms with E-state index in [0.29, 0.717) is 16.9 Å². The fourth-order valence-electron chi connectivity index (χ4n) is 3.74. The van der Waals surface area contributed by atoms with Crippen molar-refractivity contribution in [2.45, 2.75) is 13.8 Å². The average Bonchev–Trinajstić information content (AvgIpc) is 3.19. The number of hydrogen-bond donors (Lipinski definition) is 0. The van der Waals surface area contributed by atoms with Crippen molar-refractivity contribution in [3.8, 4) is 22.8 Å². The largest absolute Gasteiger partial charge is 0.269 e. The van der Waals surface area contributed by atoms with Crippen LogP contribution in [0.3, 0.4) is 0 Å². The molecule has 3 aromatic carbocycles. The molecule has 0 spiro atoms. The molecule has 0 saturated carbocycles. The number of rotatable bonds is 3. The molecule has 0 radical (unpaired) electrons. The van der Waals surface area contributed by atoms with Crippen molar-refractivity contribution >= 4 is 11.0 Å². The lowest BCUT2D eigenvalue weighted by molar-refractivity contribution is 0.887. The number of fused-ring (bicyclic) bond motifs is 1. The van der Waals surface area contributed by atoms with Crippen LogP contribution in [-0.4, -0.2) is 19.3 Å². The first-order valence-electron chi connectivity index (χ1n) is 9.83. The molecule has 5 aromatic rings. The van der Waals surface area contributed by atoms with E-state index in [1.165, 1.54) is 0 Å². The second-order valence-electron chi connectivity index (χ2n) is 7.36. The van der Waals surface area contributed by atoms with Gasteiger partial charge in [-0.2, -0.15) is 5.10 Å². The molecule has 0 amide bonds. The predicted molar refractivity (Wildman–Crippen MR) is 119 cm³/mol. The van der Waals surface area contributed by atoms with Crippen LogP contribution in [0.1, 0.15) is 11.1 Å². The third kappa shape index (κ3) is 2.92. The first-order valence-corrected chi connectivity index (χ1v) is 9.83. The summed E-state index contributed by atoms with van der Waals surface area (Å²) in [5.41, 5.74) is 5.10.